The maximum absolute atomic E-state index is 12.1. The van der Waals surface area contributed by atoms with Crippen LogP contribution in [0, 0.1) is 6.92 Å². The van der Waals surface area contributed by atoms with Crippen LogP contribution >= 0.6 is 27.3 Å². The molecule has 0 saturated heterocycles. The molecule has 2 aromatic rings. The summed E-state index contributed by atoms with van der Waals surface area (Å²) in [5.74, 6) is -1.01. The Bertz CT molecular complexity index is 746. The number of benzene rings is 1. The molecular formula is C13H12BrNO4S2. The first-order valence-electron chi connectivity index (χ1n) is 5.87. The molecule has 0 atom stereocenters. The number of hydrogen-bond donors (Lipinski definition) is 2. The molecule has 0 saturated carbocycles. The van der Waals surface area contributed by atoms with Gasteiger partial charge in [-0.25, -0.2) is 17.9 Å². The van der Waals surface area contributed by atoms with Crippen LogP contribution < -0.4 is 4.72 Å². The van der Waals surface area contributed by atoms with Gasteiger partial charge in [-0.3, -0.25) is 0 Å². The number of sulfonamides is 1. The molecule has 0 aliphatic heterocycles. The lowest BCUT2D eigenvalue weighted by molar-refractivity contribution is 0.0697. The summed E-state index contributed by atoms with van der Waals surface area (Å²) >= 11 is 4.45. The quantitative estimate of drug-likeness (QED) is 0.822. The number of aromatic carboxylic acids is 1. The third kappa shape index (κ3) is 3.91. The van der Waals surface area contributed by atoms with Gasteiger partial charge in [-0.15, -0.1) is 11.3 Å². The summed E-state index contributed by atoms with van der Waals surface area (Å²) in [4.78, 5) is 10.7. The van der Waals surface area contributed by atoms with Crippen LogP contribution in [0.5, 0.6) is 0 Å². The van der Waals surface area contributed by atoms with Crippen molar-refractivity contribution < 1.29 is 18.3 Å². The summed E-state index contributed by atoms with van der Waals surface area (Å²) in [5.41, 5.74) is 1.72. The van der Waals surface area contributed by atoms with Gasteiger partial charge in [0.15, 0.2) is 0 Å². The van der Waals surface area contributed by atoms with Crippen molar-refractivity contribution in [1.29, 1.82) is 0 Å². The molecule has 0 spiro atoms. The fraction of sp³-hybridized carbons (Fsp3) is 0.154. The second kappa shape index (κ2) is 6.27. The van der Waals surface area contributed by atoms with Gasteiger partial charge in [0.25, 0.3) is 0 Å². The number of rotatable bonds is 5. The Kier molecular flexibility index (Phi) is 4.82. The number of carboxylic acids is 1. The molecule has 1 aromatic heterocycles. The van der Waals surface area contributed by atoms with Crippen molar-refractivity contribution >= 4 is 43.3 Å². The maximum atomic E-state index is 12.1. The van der Waals surface area contributed by atoms with Crippen molar-refractivity contribution in [1.82, 2.24) is 4.72 Å². The number of aryl methyl sites for hydroxylation is 1. The van der Waals surface area contributed by atoms with Crippen LogP contribution in [-0.4, -0.2) is 19.5 Å². The predicted octanol–water partition coefficient (Wildman–Crippen LogP) is 3.00. The molecular weight excluding hydrogens is 378 g/mol. The summed E-state index contributed by atoms with van der Waals surface area (Å²) in [6.07, 6.45) is 0. The fourth-order valence-corrected chi connectivity index (χ4v) is 4.87. The van der Waals surface area contributed by atoms with E-state index in [2.05, 4.69) is 20.7 Å². The van der Waals surface area contributed by atoms with Crippen molar-refractivity contribution in [2.24, 2.45) is 0 Å². The molecule has 0 aliphatic rings. The van der Waals surface area contributed by atoms with Gasteiger partial charge in [0.2, 0.25) is 10.0 Å². The van der Waals surface area contributed by atoms with Crippen LogP contribution in [0.15, 0.2) is 38.3 Å². The minimum Gasteiger partial charge on any atom is -0.478 e. The van der Waals surface area contributed by atoms with Gasteiger partial charge in [0.05, 0.1) is 9.35 Å². The minimum absolute atomic E-state index is 0.108. The van der Waals surface area contributed by atoms with E-state index in [4.69, 9.17) is 5.11 Å². The fourth-order valence-electron chi connectivity index (χ4n) is 1.58. The van der Waals surface area contributed by atoms with E-state index in [0.29, 0.717) is 5.56 Å². The third-order valence-electron chi connectivity index (χ3n) is 2.77. The SMILES string of the molecule is Cc1cc(S(=O)(=O)NCc2ccc(C(=O)O)cc2)sc1Br. The Morgan fingerprint density at radius 1 is 1.33 bits per heavy atom. The van der Waals surface area contributed by atoms with Crippen LogP contribution in [0.1, 0.15) is 21.5 Å². The van der Waals surface area contributed by atoms with Crippen molar-refractivity contribution in [3.63, 3.8) is 0 Å². The van der Waals surface area contributed by atoms with E-state index in [1.165, 1.54) is 12.1 Å². The maximum Gasteiger partial charge on any atom is 0.335 e. The van der Waals surface area contributed by atoms with E-state index < -0.39 is 16.0 Å². The Morgan fingerprint density at radius 2 is 1.95 bits per heavy atom. The smallest absolute Gasteiger partial charge is 0.335 e. The average molecular weight is 390 g/mol. The lowest BCUT2D eigenvalue weighted by Crippen LogP contribution is -2.22. The monoisotopic (exact) mass is 389 g/mol. The van der Waals surface area contributed by atoms with Crippen LogP contribution in [0.25, 0.3) is 0 Å². The molecule has 0 amide bonds. The highest BCUT2D eigenvalue weighted by Crippen LogP contribution is 2.30. The summed E-state index contributed by atoms with van der Waals surface area (Å²) < 4.78 is 27.8. The normalized spacial score (nSPS) is 11.5. The summed E-state index contributed by atoms with van der Waals surface area (Å²) in [6, 6.07) is 7.66. The van der Waals surface area contributed by atoms with Crippen LogP contribution in [0.4, 0.5) is 0 Å². The second-order valence-electron chi connectivity index (χ2n) is 4.35. The Balaban J connectivity index is 2.09. The van der Waals surface area contributed by atoms with E-state index in [1.54, 1.807) is 18.2 Å². The molecule has 5 nitrogen and oxygen atoms in total. The van der Waals surface area contributed by atoms with E-state index in [1.807, 2.05) is 6.92 Å². The summed E-state index contributed by atoms with van der Waals surface area (Å²) in [7, 11) is -3.56. The zero-order chi connectivity index (χ0) is 15.6. The molecule has 0 bridgehead atoms. The van der Waals surface area contributed by atoms with Gasteiger partial charge in [-0.05, 0) is 52.2 Å². The predicted molar refractivity (Wildman–Crippen MR) is 84.2 cm³/mol. The zero-order valence-electron chi connectivity index (χ0n) is 11.0. The Hall–Kier alpha value is -1.22. The first kappa shape index (κ1) is 16.2. The van der Waals surface area contributed by atoms with E-state index in [0.717, 1.165) is 20.7 Å². The van der Waals surface area contributed by atoms with Gasteiger partial charge < -0.3 is 5.11 Å². The molecule has 0 unspecified atom stereocenters. The highest BCUT2D eigenvalue weighted by atomic mass is 79.9. The van der Waals surface area contributed by atoms with Crippen LogP contribution in [-0.2, 0) is 16.6 Å². The van der Waals surface area contributed by atoms with Crippen molar-refractivity contribution in [3.8, 4) is 0 Å². The number of carboxylic acid groups (broad SMARTS) is 1. The van der Waals surface area contributed by atoms with Gasteiger partial charge in [0, 0.05) is 6.54 Å². The molecule has 1 heterocycles. The van der Waals surface area contributed by atoms with Crippen molar-refractivity contribution in [2.45, 2.75) is 17.7 Å². The molecule has 0 aliphatic carbocycles. The third-order valence-corrected chi connectivity index (χ3v) is 6.78. The molecule has 1 aromatic carbocycles. The summed E-state index contributed by atoms with van der Waals surface area (Å²) in [6.45, 7) is 1.93. The second-order valence-corrected chi connectivity index (χ2v) is 8.71. The van der Waals surface area contributed by atoms with Gasteiger partial charge in [-0.2, -0.15) is 0 Å². The molecule has 21 heavy (non-hydrogen) atoms. The number of thiophene rings is 1. The Labute approximate surface area is 134 Å². The topological polar surface area (TPSA) is 83.5 Å². The van der Waals surface area contributed by atoms with Gasteiger partial charge in [0.1, 0.15) is 4.21 Å². The van der Waals surface area contributed by atoms with Gasteiger partial charge >= 0.3 is 5.97 Å². The van der Waals surface area contributed by atoms with E-state index >= 15 is 0 Å². The summed E-state index contributed by atoms with van der Waals surface area (Å²) in [5, 5.41) is 8.80. The standard InChI is InChI=1S/C13H12BrNO4S2/c1-8-6-11(20-12(8)14)21(18,19)15-7-9-2-4-10(5-3-9)13(16)17/h2-6,15H,7H2,1H3,(H,16,17). The van der Waals surface area contributed by atoms with Crippen LogP contribution in [0.3, 0.4) is 0 Å². The molecule has 0 radical (unpaired) electrons. The highest BCUT2D eigenvalue weighted by Gasteiger charge is 2.18. The van der Waals surface area contributed by atoms with Crippen LogP contribution in [0.2, 0.25) is 0 Å². The number of halogens is 1. The van der Waals surface area contributed by atoms with E-state index in [9.17, 15) is 13.2 Å². The molecule has 8 heteroatoms. The Morgan fingerprint density at radius 3 is 2.43 bits per heavy atom. The number of nitrogens with one attached hydrogen (secondary N) is 1. The van der Waals surface area contributed by atoms with E-state index in [-0.39, 0.29) is 16.3 Å². The lowest BCUT2D eigenvalue weighted by Gasteiger charge is -2.05. The number of carbonyl (C=O) groups is 1. The molecule has 2 N–H and O–H groups in total. The van der Waals surface area contributed by atoms with Crippen molar-refractivity contribution in [3.05, 3.63) is 50.8 Å². The largest absolute Gasteiger partial charge is 0.478 e. The number of hydrogen-bond acceptors (Lipinski definition) is 4. The van der Waals surface area contributed by atoms with Crippen molar-refractivity contribution in [2.75, 3.05) is 0 Å². The molecule has 2 rings (SSSR count). The zero-order valence-corrected chi connectivity index (χ0v) is 14.2. The lowest BCUT2D eigenvalue weighted by atomic mass is 10.1. The minimum atomic E-state index is -3.56. The first-order chi connectivity index (χ1) is 9.79. The first-order valence-corrected chi connectivity index (χ1v) is 8.97. The average Bonchev–Trinajstić information content (AvgIpc) is 2.78. The molecule has 0 fully saturated rings. The molecule has 112 valence electrons. The van der Waals surface area contributed by atoms with Gasteiger partial charge in [-0.1, -0.05) is 12.1 Å². The highest BCUT2D eigenvalue weighted by molar-refractivity contribution is 9.11.